The highest BCUT2D eigenvalue weighted by atomic mass is 28.5. The van der Waals surface area contributed by atoms with Crippen LogP contribution in [0.5, 0.6) is 0 Å². The molecule has 15 heavy (non-hydrogen) atoms. The van der Waals surface area contributed by atoms with Gasteiger partial charge >= 0.3 is 0 Å². The predicted octanol–water partition coefficient (Wildman–Crippen LogP) is 3.22. The Bertz CT molecular complexity index is 193. The average Bonchev–Trinajstić information content (AvgIpc) is 2.00. The predicted molar refractivity (Wildman–Crippen MR) is 75.6 cm³/mol. The second-order valence-corrected chi connectivity index (χ2v) is 20.4. The van der Waals surface area contributed by atoms with Crippen molar-refractivity contribution in [2.45, 2.75) is 45.8 Å². The lowest BCUT2D eigenvalue weighted by Gasteiger charge is -2.59. The molecule has 0 radical (unpaired) electrons. The molecule has 0 amide bonds. The van der Waals surface area contributed by atoms with E-state index in [1.807, 2.05) is 14.2 Å². The van der Waals surface area contributed by atoms with Gasteiger partial charge in [-0.15, -0.1) is 0 Å². The van der Waals surface area contributed by atoms with Gasteiger partial charge in [0.15, 0.2) is 0 Å². The lowest BCUT2D eigenvalue weighted by molar-refractivity contribution is 0.394. The van der Waals surface area contributed by atoms with Crippen molar-refractivity contribution in [2.24, 2.45) is 0 Å². The smallest absolute Gasteiger partial charge is 0.0395 e. The molecule has 0 aliphatic heterocycles. The summed E-state index contributed by atoms with van der Waals surface area (Å²) in [7, 11) is -0.969. The molecule has 0 saturated carbocycles. The molecule has 0 aromatic rings. The topological polar surface area (TPSA) is 18.5 Å². The first-order chi connectivity index (χ1) is 6.49. The summed E-state index contributed by atoms with van der Waals surface area (Å²) in [6, 6.07) is 0. The minimum absolute atomic E-state index is 1.31. The molecule has 0 fully saturated rings. The molecule has 0 bridgehead atoms. The molecule has 0 aromatic heterocycles. The van der Waals surface area contributed by atoms with Crippen LogP contribution in [0.4, 0.5) is 0 Å². The summed E-state index contributed by atoms with van der Waals surface area (Å²) in [4.78, 5) is 1.69. The summed E-state index contributed by atoms with van der Waals surface area (Å²) in [6.07, 6.45) is 0. The maximum atomic E-state index is 5.81. The largest absolute Gasteiger partial charge is 0.452 e. The molecule has 92 valence electrons. The molecule has 5 heteroatoms. The van der Waals surface area contributed by atoms with E-state index < -0.39 is 24.7 Å². The van der Waals surface area contributed by atoms with E-state index in [2.05, 4.69) is 45.8 Å². The van der Waals surface area contributed by atoms with E-state index in [9.17, 15) is 0 Å². The van der Waals surface area contributed by atoms with Crippen molar-refractivity contribution in [2.75, 3.05) is 14.2 Å². The van der Waals surface area contributed by atoms with Crippen LogP contribution < -0.4 is 0 Å². The molecular weight excluding hydrogens is 236 g/mol. The highest BCUT2D eigenvalue weighted by molar-refractivity contribution is 7.16. The Morgan fingerprint density at radius 2 is 0.933 bits per heavy atom. The van der Waals surface area contributed by atoms with E-state index in [-0.39, 0.29) is 0 Å². The number of hydrogen-bond acceptors (Lipinski definition) is 2. The Hall–Kier alpha value is 0.571. The monoisotopic (exact) mass is 263 g/mol. The molecule has 0 aliphatic rings. The summed E-state index contributed by atoms with van der Waals surface area (Å²) >= 11 is 0. The van der Waals surface area contributed by atoms with E-state index in [4.69, 9.17) is 8.85 Å². The zero-order valence-electron chi connectivity index (χ0n) is 11.8. The quantitative estimate of drug-likeness (QED) is 0.560. The summed E-state index contributed by atoms with van der Waals surface area (Å²) in [5.74, 6) is 0. The van der Waals surface area contributed by atoms with Crippen molar-refractivity contribution in [1.29, 1.82) is 0 Å². The molecule has 0 unspecified atom stereocenters. The Labute approximate surface area is 98.6 Å². The van der Waals surface area contributed by atoms with E-state index in [1.54, 1.807) is 4.79 Å². The first-order valence-electron chi connectivity index (χ1n) is 5.47. The van der Waals surface area contributed by atoms with Crippen molar-refractivity contribution < 1.29 is 8.85 Å². The molecule has 0 N–H and O–H groups in total. The highest BCUT2D eigenvalue weighted by Gasteiger charge is 2.38. The number of rotatable bonds is 5. The van der Waals surface area contributed by atoms with Crippen LogP contribution in [-0.2, 0) is 8.85 Å². The van der Waals surface area contributed by atoms with Crippen LogP contribution in [0.15, 0.2) is 0 Å². The summed E-state index contributed by atoms with van der Waals surface area (Å²) in [5, 5.41) is 0. The van der Waals surface area contributed by atoms with E-state index in [1.165, 1.54) is 0 Å². The van der Waals surface area contributed by atoms with Gasteiger partial charge in [-0.25, -0.2) is 0 Å². The molecule has 0 rings (SSSR count). The maximum Gasteiger partial charge on any atom is 0.0395 e. The summed E-state index contributed by atoms with van der Waals surface area (Å²) in [5.41, 5.74) is 0. The van der Waals surface area contributed by atoms with Crippen molar-refractivity contribution in [1.82, 2.24) is 0 Å². The van der Waals surface area contributed by atoms with Gasteiger partial charge in [0.2, 0.25) is 0 Å². The zero-order chi connectivity index (χ0) is 12.5. The van der Waals surface area contributed by atoms with E-state index in [0.29, 0.717) is 0 Å². The second kappa shape index (κ2) is 4.83. The van der Waals surface area contributed by atoms with Crippen molar-refractivity contribution in [3.8, 4) is 0 Å². The van der Waals surface area contributed by atoms with Crippen LogP contribution in [0, 0.1) is 4.79 Å². The first-order valence-corrected chi connectivity index (χ1v) is 14.8. The third-order valence-electron chi connectivity index (χ3n) is 2.97. The fourth-order valence-electron chi connectivity index (χ4n) is 2.74. The lowest BCUT2D eigenvalue weighted by Crippen LogP contribution is -2.62. The molecular formula is C10H27O2Si3-. The Morgan fingerprint density at radius 3 is 1.07 bits per heavy atom. The van der Waals surface area contributed by atoms with Crippen molar-refractivity contribution in [3.05, 3.63) is 4.79 Å². The average molecular weight is 264 g/mol. The number of hydrogen-bond donors (Lipinski definition) is 0. The molecule has 0 heterocycles. The van der Waals surface area contributed by atoms with Crippen LogP contribution >= 0.6 is 0 Å². The standard InChI is InChI=1S/C10H27O2Si3/c1-11-14(6,7)10(13(3,4)5)15(8,9)12-2/h1-9H3/q-1. The summed E-state index contributed by atoms with van der Waals surface area (Å²) < 4.78 is 11.6. The fraction of sp³-hybridized carbons (Fsp3) is 0.900. The van der Waals surface area contributed by atoms with Gasteiger partial charge in [-0.05, 0) is 0 Å². The Morgan fingerprint density at radius 1 is 0.667 bits per heavy atom. The Balaban J connectivity index is 5.27. The minimum Gasteiger partial charge on any atom is -0.452 e. The van der Waals surface area contributed by atoms with Gasteiger partial charge in [-0.3, -0.25) is 4.79 Å². The molecule has 0 atom stereocenters. The van der Waals surface area contributed by atoms with E-state index >= 15 is 0 Å². The molecule has 0 aromatic carbocycles. The van der Waals surface area contributed by atoms with E-state index in [0.717, 1.165) is 0 Å². The van der Waals surface area contributed by atoms with Crippen LogP contribution in [0.3, 0.4) is 0 Å². The van der Waals surface area contributed by atoms with Crippen molar-refractivity contribution >= 4 is 24.7 Å². The van der Waals surface area contributed by atoms with Crippen molar-refractivity contribution in [3.63, 3.8) is 0 Å². The van der Waals surface area contributed by atoms with Crippen LogP contribution in [-0.4, -0.2) is 38.9 Å². The zero-order valence-corrected chi connectivity index (χ0v) is 14.8. The molecule has 0 saturated heterocycles. The maximum absolute atomic E-state index is 5.81. The SMILES string of the molecule is CO[Si](C)(C)[C-]([Si](C)(C)C)[Si](C)(C)OC. The van der Waals surface area contributed by atoms with Crippen LogP contribution in [0.1, 0.15) is 0 Å². The molecule has 0 spiro atoms. The summed E-state index contributed by atoms with van der Waals surface area (Å²) in [6.45, 7) is 16.4. The third kappa shape index (κ3) is 3.81. The van der Waals surface area contributed by atoms with Gasteiger partial charge in [-0.1, -0.05) is 53.9 Å². The second-order valence-electron chi connectivity index (χ2n) is 6.05. The van der Waals surface area contributed by atoms with Gasteiger partial charge in [0.25, 0.3) is 0 Å². The minimum atomic E-state index is -1.68. The van der Waals surface area contributed by atoms with Gasteiger partial charge in [0.1, 0.15) is 0 Å². The first kappa shape index (κ1) is 15.6. The Kier molecular flexibility index (Phi) is 5.01. The lowest BCUT2D eigenvalue weighted by atomic mass is 11.7. The van der Waals surface area contributed by atoms with Crippen LogP contribution in [0.25, 0.3) is 0 Å². The van der Waals surface area contributed by atoms with Gasteiger partial charge in [0.05, 0.1) is 0 Å². The molecule has 0 aliphatic carbocycles. The molecule has 2 nitrogen and oxygen atoms in total. The van der Waals surface area contributed by atoms with Gasteiger partial charge < -0.3 is 8.85 Å². The normalized spacial score (nSPS) is 14.8. The third-order valence-corrected chi connectivity index (χ3v) is 20.6. The highest BCUT2D eigenvalue weighted by Crippen LogP contribution is 2.36. The fourth-order valence-corrected chi connectivity index (χ4v) is 24.6. The van der Waals surface area contributed by atoms with Gasteiger partial charge in [-0.2, -0.15) is 0 Å². The van der Waals surface area contributed by atoms with Gasteiger partial charge in [0, 0.05) is 30.9 Å². The van der Waals surface area contributed by atoms with Crippen LogP contribution in [0.2, 0.25) is 45.8 Å².